The normalized spacial score (nSPS) is 14.0. The first-order chi connectivity index (χ1) is 21.8. The predicted octanol–water partition coefficient (Wildman–Crippen LogP) is 9.43. The van der Waals surface area contributed by atoms with Gasteiger partial charge in [0.1, 0.15) is 11.2 Å². The van der Waals surface area contributed by atoms with E-state index in [0.29, 0.717) is 0 Å². The van der Waals surface area contributed by atoms with E-state index in [0.717, 1.165) is 44.8 Å². The molecule has 6 heterocycles. The van der Waals surface area contributed by atoms with E-state index in [-0.39, 0.29) is 6.85 Å². The molecule has 9 aromatic rings. The van der Waals surface area contributed by atoms with Crippen molar-refractivity contribution in [2.24, 2.45) is 0 Å². The minimum atomic E-state index is -0.0411. The average Bonchev–Trinajstić information content (AvgIpc) is 3.73. The molecular weight excluding hydrogens is 559 g/mol. The molecule has 0 spiro atoms. The fraction of sp³-hybridized carbons (Fsp3) is 0. The minimum Gasteiger partial charge on any atom is -0.455 e. The van der Waals surface area contributed by atoms with Gasteiger partial charge >= 0.3 is 6.85 Å². The molecule has 6 aromatic carbocycles. The molecule has 0 saturated carbocycles. The summed E-state index contributed by atoms with van der Waals surface area (Å²) in [5, 5.41) is 6.23. The molecule has 44 heavy (non-hydrogen) atoms. The number of aromatic nitrogens is 1. The van der Waals surface area contributed by atoms with Crippen LogP contribution in [0.2, 0.25) is 0 Å². The number of thiophene rings is 1. The molecule has 0 atom stereocenters. The number of rotatable bonds is 0. The molecule has 0 N–H and O–H groups in total. The SMILES string of the molecule is c1ccc2c(c1)Oc1cccc3c1N2c1cc2c(oc4ccccc42)c2c1B3n1c3sc4ccccc4c3c3cccc-2c31. The van der Waals surface area contributed by atoms with Gasteiger partial charge in [0.05, 0.1) is 16.2 Å². The molecule has 0 unspecified atom stereocenters. The van der Waals surface area contributed by atoms with Crippen molar-refractivity contribution >= 4 is 99.3 Å². The standard InChI is InChI=1S/C38H19BN2O2S/c1-4-15-28-20(9-1)24-19-27-34-33(37(24)43-28)23-12-7-11-22-32-21-10-2-6-18-31(21)44-38(32)41(35(22)23)39(34)25-13-8-17-30-36(25)40(27)26-14-3-5-16-29(26)42-30/h1-19H. The molecule has 0 bridgehead atoms. The summed E-state index contributed by atoms with van der Waals surface area (Å²) in [6.45, 7) is -0.0411. The molecule has 12 rings (SSSR count). The monoisotopic (exact) mass is 578 g/mol. The Morgan fingerprint density at radius 1 is 0.659 bits per heavy atom. The Hall–Kier alpha value is -5.46. The zero-order valence-corrected chi connectivity index (χ0v) is 24.0. The maximum absolute atomic E-state index is 6.81. The second-order valence-corrected chi connectivity index (χ2v) is 13.0. The van der Waals surface area contributed by atoms with Crippen molar-refractivity contribution in [3.8, 4) is 22.6 Å². The molecular formula is C38H19BN2O2S. The highest BCUT2D eigenvalue weighted by Gasteiger charge is 2.47. The third-order valence-electron chi connectivity index (χ3n) is 9.95. The van der Waals surface area contributed by atoms with E-state index in [1.807, 2.05) is 17.4 Å². The number of furan rings is 1. The van der Waals surface area contributed by atoms with Crippen LogP contribution in [-0.2, 0) is 0 Å². The Kier molecular flexibility index (Phi) is 3.70. The number of ether oxygens (including phenoxy) is 1. The lowest BCUT2D eigenvalue weighted by Crippen LogP contribution is -2.57. The van der Waals surface area contributed by atoms with Crippen molar-refractivity contribution in [1.82, 2.24) is 4.48 Å². The first kappa shape index (κ1) is 22.1. The topological polar surface area (TPSA) is 30.5 Å². The van der Waals surface area contributed by atoms with Crippen molar-refractivity contribution in [3.05, 3.63) is 115 Å². The fourth-order valence-corrected chi connectivity index (χ4v) is 9.58. The van der Waals surface area contributed by atoms with Crippen LogP contribution in [0.3, 0.4) is 0 Å². The van der Waals surface area contributed by atoms with Crippen molar-refractivity contribution < 1.29 is 9.15 Å². The second-order valence-electron chi connectivity index (χ2n) is 12.0. The Morgan fingerprint density at radius 3 is 2.43 bits per heavy atom. The second kappa shape index (κ2) is 7.36. The number of para-hydroxylation sites is 5. The third-order valence-corrected chi connectivity index (χ3v) is 11.1. The lowest BCUT2D eigenvalue weighted by Gasteiger charge is -2.43. The highest BCUT2D eigenvalue weighted by Crippen LogP contribution is 2.55. The Bertz CT molecular complexity index is 2790. The van der Waals surface area contributed by atoms with Crippen molar-refractivity contribution in [2.75, 3.05) is 4.90 Å². The lowest BCUT2D eigenvalue weighted by atomic mass is 9.45. The summed E-state index contributed by atoms with van der Waals surface area (Å²) in [4.78, 5) is 3.75. The summed E-state index contributed by atoms with van der Waals surface area (Å²) in [6, 6.07) is 41.4. The smallest absolute Gasteiger partial charge is 0.334 e. The van der Waals surface area contributed by atoms with Crippen molar-refractivity contribution in [2.45, 2.75) is 0 Å². The quantitative estimate of drug-likeness (QED) is 0.168. The van der Waals surface area contributed by atoms with Crippen LogP contribution in [0.1, 0.15) is 0 Å². The summed E-state index contributed by atoms with van der Waals surface area (Å²) in [7, 11) is 0. The molecule has 3 aliphatic heterocycles. The van der Waals surface area contributed by atoms with Crippen LogP contribution in [0.25, 0.3) is 64.3 Å². The van der Waals surface area contributed by atoms with Gasteiger partial charge in [-0.1, -0.05) is 78.9 Å². The molecule has 0 aliphatic carbocycles. The maximum Gasteiger partial charge on any atom is 0.334 e. The first-order valence-corrected chi connectivity index (χ1v) is 15.8. The Morgan fingerprint density at radius 2 is 1.45 bits per heavy atom. The molecule has 0 saturated heterocycles. The number of anilines is 3. The summed E-state index contributed by atoms with van der Waals surface area (Å²) in [6.07, 6.45) is 0. The molecule has 4 nitrogen and oxygen atoms in total. The molecule has 0 amide bonds. The van der Waals surface area contributed by atoms with Crippen LogP contribution in [0.5, 0.6) is 11.5 Å². The van der Waals surface area contributed by atoms with Gasteiger partial charge in [-0.25, -0.2) is 0 Å². The van der Waals surface area contributed by atoms with Gasteiger partial charge < -0.3 is 18.5 Å². The lowest BCUT2D eigenvalue weighted by molar-refractivity contribution is 0.477. The van der Waals surface area contributed by atoms with E-state index in [4.69, 9.17) is 9.15 Å². The Labute approximate surface area is 255 Å². The average molecular weight is 578 g/mol. The largest absolute Gasteiger partial charge is 0.455 e. The summed E-state index contributed by atoms with van der Waals surface area (Å²) in [5.74, 6) is 1.76. The number of benzene rings is 6. The van der Waals surface area contributed by atoms with Crippen LogP contribution < -0.4 is 20.6 Å². The summed E-state index contributed by atoms with van der Waals surface area (Å²) < 4.78 is 17.4. The van der Waals surface area contributed by atoms with Gasteiger partial charge in [0.25, 0.3) is 0 Å². The zero-order chi connectivity index (χ0) is 28.3. The minimum absolute atomic E-state index is 0.0411. The van der Waals surface area contributed by atoms with Gasteiger partial charge in [0.2, 0.25) is 0 Å². The first-order valence-electron chi connectivity index (χ1n) is 15.0. The van der Waals surface area contributed by atoms with E-state index in [1.54, 1.807) is 0 Å². The van der Waals surface area contributed by atoms with E-state index in [9.17, 15) is 0 Å². The molecule has 3 aliphatic rings. The van der Waals surface area contributed by atoms with Crippen LogP contribution in [-0.4, -0.2) is 11.3 Å². The summed E-state index contributed by atoms with van der Waals surface area (Å²) in [5.41, 5.74) is 11.5. The molecule has 3 aromatic heterocycles. The highest BCUT2D eigenvalue weighted by molar-refractivity contribution is 7.26. The van der Waals surface area contributed by atoms with E-state index >= 15 is 0 Å². The van der Waals surface area contributed by atoms with Gasteiger partial charge in [-0.3, -0.25) is 0 Å². The maximum atomic E-state index is 6.81. The van der Waals surface area contributed by atoms with Gasteiger partial charge in [-0.15, -0.1) is 11.3 Å². The number of hydrogen-bond donors (Lipinski definition) is 0. The van der Waals surface area contributed by atoms with Crippen LogP contribution in [0, 0.1) is 0 Å². The number of hydrogen-bond acceptors (Lipinski definition) is 4. The highest BCUT2D eigenvalue weighted by atomic mass is 32.1. The van der Waals surface area contributed by atoms with Gasteiger partial charge in [0.15, 0.2) is 11.5 Å². The van der Waals surface area contributed by atoms with Gasteiger partial charge in [0, 0.05) is 54.0 Å². The van der Waals surface area contributed by atoms with Crippen LogP contribution >= 0.6 is 11.3 Å². The molecule has 0 fully saturated rings. The fourth-order valence-electron chi connectivity index (χ4n) is 8.33. The van der Waals surface area contributed by atoms with E-state index in [1.165, 1.54) is 58.9 Å². The van der Waals surface area contributed by atoms with E-state index < -0.39 is 0 Å². The molecule has 202 valence electrons. The Balaban J connectivity index is 1.36. The zero-order valence-electron chi connectivity index (χ0n) is 23.2. The van der Waals surface area contributed by atoms with Crippen molar-refractivity contribution in [1.29, 1.82) is 0 Å². The number of fused-ring (bicyclic) bond motifs is 15. The third kappa shape index (κ3) is 2.37. The molecule has 6 heteroatoms. The van der Waals surface area contributed by atoms with Crippen molar-refractivity contribution in [3.63, 3.8) is 0 Å². The van der Waals surface area contributed by atoms with Crippen LogP contribution in [0.4, 0.5) is 17.1 Å². The van der Waals surface area contributed by atoms with Gasteiger partial charge in [-0.05, 0) is 47.3 Å². The van der Waals surface area contributed by atoms with Crippen LogP contribution in [0.15, 0.2) is 120 Å². The molecule has 0 radical (unpaired) electrons. The van der Waals surface area contributed by atoms with Gasteiger partial charge in [-0.2, -0.15) is 0 Å². The summed E-state index contributed by atoms with van der Waals surface area (Å²) >= 11 is 1.90. The number of nitrogens with zero attached hydrogens (tertiary/aromatic N) is 2. The predicted molar refractivity (Wildman–Crippen MR) is 183 cm³/mol. The van der Waals surface area contributed by atoms with E-state index in [2.05, 4.69) is 119 Å².